The Morgan fingerprint density at radius 3 is 2.31 bits per heavy atom. The van der Waals surface area contributed by atoms with E-state index in [1.807, 2.05) is 12.1 Å². The maximum Gasteiger partial charge on any atom is 0.189 e. The number of methoxy groups -OCH3 is 3. The first-order chi connectivity index (χ1) is 7.56. The average Bonchev–Trinajstić information content (AvgIpc) is 2.30. The van der Waals surface area contributed by atoms with Gasteiger partial charge in [0.1, 0.15) is 11.4 Å². The second kappa shape index (κ2) is 5.30. The zero-order chi connectivity index (χ0) is 12.2. The van der Waals surface area contributed by atoms with Crippen LogP contribution in [-0.2, 0) is 15.1 Å². The molecule has 0 fully saturated rings. The van der Waals surface area contributed by atoms with Crippen molar-refractivity contribution >= 4 is 0 Å². The monoisotopic (exact) mass is 226 g/mol. The summed E-state index contributed by atoms with van der Waals surface area (Å²) in [5.41, 5.74) is -0.543. The minimum atomic E-state index is -1.22. The van der Waals surface area contributed by atoms with Crippen LogP contribution in [0.1, 0.15) is 12.5 Å². The Bertz CT molecular complexity index is 332. The molecule has 1 N–H and O–H groups in total. The number of benzene rings is 1. The molecule has 0 radical (unpaired) electrons. The Kier molecular flexibility index (Phi) is 4.29. The molecule has 1 atom stereocenters. The summed E-state index contributed by atoms with van der Waals surface area (Å²) in [6.07, 6.45) is -0.723. The first-order valence-electron chi connectivity index (χ1n) is 4.98. The summed E-state index contributed by atoms with van der Waals surface area (Å²) in [6, 6.07) is 7.18. The summed E-state index contributed by atoms with van der Waals surface area (Å²) < 4.78 is 15.3. The van der Waals surface area contributed by atoms with E-state index >= 15 is 0 Å². The summed E-state index contributed by atoms with van der Waals surface area (Å²) in [5, 5.41) is 10.4. The van der Waals surface area contributed by atoms with E-state index in [2.05, 4.69) is 0 Å². The van der Waals surface area contributed by atoms with E-state index in [-0.39, 0.29) is 0 Å². The van der Waals surface area contributed by atoms with Gasteiger partial charge in [0, 0.05) is 14.2 Å². The molecule has 1 rings (SSSR count). The fraction of sp³-hybridized carbons (Fsp3) is 0.500. The molecule has 90 valence electrons. The topological polar surface area (TPSA) is 47.9 Å². The second-order valence-electron chi connectivity index (χ2n) is 3.68. The van der Waals surface area contributed by atoms with E-state index in [9.17, 15) is 5.11 Å². The van der Waals surface area contributed by atoms with E-state index in [0.717, 1.165) is 0 Å². The maximum absolute atomic E-state index is 10.4. The van der Waals surface area contributed by atoms with Gasteiger partial charge < -0.3 is 19.3 Å². The normalized spacial score (nSPS) is 14.9. The molecule has 0 aliphatic rings. The summed E-state index contributed by atoms with van der Waals surface area (Å²) in [5.74, 6) is 0.684. The van der Waals surface area contributed by atoms with Crippen molar-refractivity contribution < 1.29 is 19.3 Å². The quantitative estimate of drug-likeness (QED) is 0.773. The van der Waals surface area contributed by atoms with Crippen molar-refractivity contribution in [3.63, 3.8) is 0 Å². The highest BCUT2D eigenvalue weighted by molar-refractivity contribution is 5.32. The standard InChI is InChI=1S/C12H18O4/c1-12(13,11(15-3)16-4)9-6-5-7-10(8-9)14-2/h5-8,11,13H,1-4H3. The maximum atomic E-state index is 10.4. The van der Waals surface area contributed by atoms with Crippen molar-refractivity contribution in [3.8, 4) is 5.75 Å². The van der Waals surface area contributed by atoms with Crippen molar-refractivity contribution in [3.05, 3.63) is 29.8 Å². The number of aliphatic hydroxyl groups is 1. The van der Waals surface area contributed by atoms with Gasteiger partial charge in [-0.1, -0.05) is 12.1 Å². The largest absolute Gasteiger partial charge is 0.497 e. The van der Waals surface area contributed by atoms with E-state index < -0.39 is 11.9 Å². The molecular weight excluding hydrogens is 208 g/mol. The van der Waals surface area contributed by atoms with Crippen molar-refractivity contribution in [2.45, 2.75) is 18.8 Å². The zero-order valence-corrected chi connectivity index (χ0v) is 10.1. The fourth-order valence-corrected chi connectivity index (χ4v) is 1.63. The molecule has 1 aromatic carbocycles. The molecule has 4 nitrogen and oxygen atoms in total. The minimum absolute atomic E-state index is 0.681. The average molecular weight is 226 g/mol. The lowest BCUT2D eigenvalue weighted by Crippen LogP contribution is -2.39. The summed E-state index contributed by atoms with van der Waals surface area (Å²) in [6.45, 7) is 1.64. The molecule has 0 aromatic heterocycles. The van der Waals surface area contributed by atoms with Crippen LogP contribution in [0, 0.1) is 0 Å². The molecular formula is C12H18O4. The second-order valence-corrected chi connectivity index (χ2v) is 3.68. The van der Waals surface area contributed by atoms with Gasteiger partial charge >= 0.3 is 0 Å². The van der Waals surface area contributed by atoms with E-state index in [4.69, 9.17) is 14.2 Å². The Morgan fingerprint density at radius 1 is 1.19 bits per heavy atom. The fourth-order valence-electron chi connectivity index (χ4n) is 1.63. The van der Waals surface area contributed by atoms with Crippen molar-refractivity contribution in [2.24, 2.45) is 0 Å². The molecule has 0 saturated heterocycles. The first-order valence-corrected chi connectivity index (χ1v) is 4.98. The lowest BCUT2D eigenvalue weighted by Gasteiger charge is -2.31. The van der Waals surface area contributed by atoms with Crippen LogP contribution in [0.2, 0.25) is 0 Å². The van der Waals surface area contributed by atoms with Crippen LogP contribution in [0.4, 0.5) is 0 Å². The van der Waals surface area contributed by atoms with Crippen molar-refractivity contribution in [1.29, 1.82) is 0 Å². The van der Waals surface area contributed by atoms with E-state index in [1.54, 1.807) is 26.2 Å². The van der Waals surface area contributed by atoms with Crippen molar-refractivity contribution in [2.75, 3.05) is 21.3 Å². The third-order valence-corrected chi connectivity index (χ3v) is 2.54. The Hall–Kier alpha value is -1.10. The van der Waals surface area contributed by atoms with Crippen LogP contribution in [0.3, 0.4) is 0 Å². The summed E-state index contributed by atoms with van der Waals surface area (Å²) in [7, 11) is 4.56. The molecule has 16 heavy (non-hydrogen) atoms. The van der Waals surface area contributed by atoms with Crippen LogP contribution < -0.4 is 4.74 Å². The third-order valence-electron chi connectivity index (χ3n) is 2.54. The number of hydrogen-bond acceptors (Lipinski definition) is 4. The Morgan fingerprint density at radius 2 is 1.81 bits per heavy atom. The number of ether oxygens (including phenoxy) is 3. The Labute approximate surface area is 95.8 Å². The van der Waals surface area contributed by atoms with Gasteiger partial charge in [-0.2, -0.15) is 0 Å². The van der Waals surface area contributed by atoms with Gasteiger partial charge in [0.2, 0.25) is 0 Å². The predicted molar refractivity (Wildman–Crippen MR) is 60.4 cm³/mol. The van der Waals surface area contributed by atoms with Crippen LogP contribution in [0.25, 0.3) is 0 Å². The lowest BCUT2D eigenvalue weighted by molar-refractivity contribution is -0.213. The molecule has 0 bridgehead atoms. The van der Waals surface area contributed by atoms with Gasteiger partial charge in [0.15, 0.2) is 6.29 Å². The van der Waals surface area contributed by atoms with Gasteiger partial charge in [-0.3, -0.25) is 0 Å². The highest BCUT2D eigenvalue weighted by Crippen LogP contribution is 2.29. The first kappa shape index (κ1) is 13.0. The van der Waals surface area contributed by atoms with E-state index in [1.165, 1.54) is 14.2 Å². The smallest absolute Gasteiger partial charge is 0.189 e. The highest BCUT2D eigenvalue weighted by Gasteiger charge is 2.34. The molecule has 0 saturated carbocycles. The van der Waals surface area contributed by atoms with Crippen molar-refractivity contribution in [1.82, 2.24) is 0 Å². The molecule has 1 aromatic rings. The van der Waals surface area contributed by atoms with Crippen LogP contribution in [0.5, 0.6) is 5.75 Å². The Balaban J connectivity index is 3.04. The highest BCUT2D eigenvalue weighted by atomic mass is 16.7. The molecule has 0 aliphatic carbocycles. The molecule has 0 amide bonds. The minimum Gasteiger partial charge on any atom is -0.497 e. The molecule has 1 unspecified atom stereocenters. The summed E-state index contributed by atoms with van der Waals surface area (Å²) in [4.78, 5) is 0. The lowest BCUT2D eigenvalue weighted by atomic mass is 9.95. The van der Waals surface area contributed by atoms with Gasteiger partial charge in [0.25, 0.3) is 0 Å². The summed E-state index contributed by atoms with van der Waals surface area (Å²) >= 11 is 0. The van der Waals surface area contributed by atoms with Gasteiger partial charge in [-0.05, 0) is 24.6 Å². The molecule has 0 heterocycles. The number of hydrogen-bond donors (Lipinski definition) is 1. The molecule has 4 heteroatoms. The third kappa shape index (κ3) is 2.52. The molecule has 0 aliphatic heterocycles. The zero-order valence-electron chi connectivity index (χ0n) is 10.1. The van der Waals surface area contributed by atoms with Crippen LogP contribution in [0.15, 0.2) is 24.3 Å². The van der Waals surface area contributed by atoms with Crippen LogP contribution in [-0.4, -0.2) is 32.7 Å². The SMILES string of the molecule is COc1cccc(C(C)(O)C(OC)OC)c1. The van der Waals surface area contributed by atoms with Gasteiger partial charge in [0.05, 0.1) is 7.11 Å². The van der Waals surface area contributed by atoms with E-state index in [0.29, 0.717) is 11.3 Å². The van der Waals surface area contributed by atoms with Gasteiger partial charge in [-0.25, -0.2) is 0 Å². The predicted octanol–water partition coefficient (Wildman–Crippen LogP) is 1.52. The number of rotatable bonds is 5. The van der Waals surface area contributed by atoms with Crippen LogP contribution >= 0.6 is 0 Å². The van der Waals surface area contributed by atoms with Gasteiger partial charge in [-0.15, -0.1) is 0 Å². The molecule has 0 spiro atoms.